The predicted octanol–water partition coefficient (Wildman–Crippen LogP) is 8.63. The molecule has 0 radical (unpaired) electrons. The molecule has 6 nitrogen and oxygen atoms in total. The molecule has 0 aromatic rings. The van der Waals surface area contributed by atoms with E-state index in [1.807, 2.05) is 0 Å². The number of carbonyl (C=O) groups excluding carboxylic acids is 2. The minimum Gasteiger partial charge on any atom is -0.462 e. The molecule has 0 aromatic carbocycles. The van der Waals surface area contributed by atoms with Crippen LogP contribution in [0.1, 0.15) is 144 Å². The van der Waals surface area contributed by atoms with E-state index in [0.717, 1.165) is 56.4 Å². The second-order valence-electron chi connectivity index (χ2n) is 20.0. The SMILES string of the molecule is C=C(CN1CCN(C)CC1)[C@@H]1CC[C@]2(C)CC[C@]3(C)[C@H](CC[C@@H]4[C@@]5(C)CC[C@H](OC(=O)CCCCCCC(N)=O)C(C)(C)[C@@H]5CC[C@]43C)[C@@H]12. The lowest BCUT2D eigenvalue weighted by atomic mass is 9.32. The third kappa shape index (κ3) is 6.59. The van der Waals surface area contributed by atoms with Gasteiger partial charge in [0.1, 0.15) is 6.10 Å². The van der Waals surface area contributed by atoms with Gasteiger partial charge in [-0.05, 0) is 135 Å². The number of hydrogen-bond donors (Lipinski definition) is 1. The van der Waals surface area contributed by atoms with Crippen molar-refractivity contribution in [2.45, 2.75) is 150 Å². The second kappa shape index (κ2) is 13.9. The van der Waals surface area contributed by atoms with E-state index in [4.69, 9.17) is 17.0 Å². The Hall–Kier alpha value is -1.40. The van der Waals surface area contributed by atoms with Crippen LogP contribution in [-0.2, 0) is 14.3 Å². The molecule has 1 amide bonds. The van der Waals surface area contributed by atoms with Crippen LogP contribution in [0.2, 0.25) is 0 Å². The smallest absolute Gasteiger partial charge is 0.306 e. The molecular weight excluding hydrogens is 606 g/mol. The Morgan fingerprint density at radius 3 is 2.14 bits per heavy atom. The Labute approximate surface area is 300 Å². The summed E-state index contributed by atoms with van der Waals surface area (Å²) in [7, 11) is 2.26. The average molecular weight is 680 g/mol. The Morgan fingerprint density at radius 1 is 0.755 bits per heavy atom. The normalized spacial score (nSPS) is 43.5. The molecule has 278 valence electrons. The molecule has 49 heavy (non-hydrogen) atoms. The number of primary amides is 1. The largest absolute Gasteiger partial charge is 0.462 e. The molecule has 2 N–H and O–H groups in total. The van der Waals surface area contributed by atoms with E-state index < -0.39 is 0 Å². The fraction of sp³-hybridized carbons (Fsp3) is 0.907. The predicted molar refractivity (Wildman–Crippen MR) is 200 cm³/mol. The zero-order valence-corrected chi connectivity index (χ0v) is 32.7. The van der Waals surface area contributed by atoms with Crippen molar-refractivity contribution < 1.29 is 14.3 Å². The number of esters is 1. The number of fused-ring (bicyclic) bond motifs is 7. The van der Waals surface area contributed by atoms with Gasteiger partial charge in [0.25, 0.3) is 0 Å². The van der Waals surface area contributed by atoms with Crippen molar-refractivity contribution in [3.8, 4) is 0 Å². The van der Waals surface area contributed by atoms with Crippen LogP contribution < -0.4 is 5.73 Å². The summed E-state index contributed by atoms with van der Waals surface area (Å²) < 4.78 is 6.34. The van der Waals surface area contributed by atoms with Gasteiger partial charge in [-0.15, -0.1) is 0 Å². The fourth-order valence-electron chi connectivity index (χ4n) is 14.1. The monoisotopic (exact) mass is 680 g/mol. The van der Waals surface area contributed by atoms with E-state index in [1.54, 1.807) is 5.57 Å². The first-order chi connectivity index (χ1) is 23.0. The number of piperazine rings is 1. The van der Waals surface area contributed by atoms with E-state index in [0.29, 0.717) is 40.9 Å². The molecule has 0 aromatic heterocycles. The molecule has 6 heteroatoms. The van der Waals surface area contributed by atoms with Crippen molar-refractivity contribution in [3.63, 3.8) is 0 Å². The van der Waals surface area contributed by atoms with Gasteiger partial charge in [0, 0.05) is 51.0 Å². The van der Waals surface area contributed by atoms with Crippen LogP contribution in [0, 0.1) is 56.7 Å². The third-order valence-corrected chi connectivity index (χ3v) is 17.2. The van der Waals surface area contributed by atoms with Crippen LogP contribution in [0.25, 0.3) is 0 Å². The van der Waals surface area contributed by atoms with E-state index in [1.165, 1.54) is 84.0 Å². The fourth-order valence-corrected chi connectivity index (χ4v) is 14.1. The summed E-state index contributed by atoms with van der Waals surface area (Å²) in [5, 5.41) is 0. The number of rotatable bonds is 11. The second-order valence-corrected chi connectivity index (χ2v) is 20.0. The van der Waals surface area contributed by atoms with E-state index >= 15 is 0 Å². The number of hydrogen-bond acceptors (Lipinski definition) is 5. The molecule has 6 fully saturated rings. The molecule has 5 saturated carbocycles. The van der Waals surface area contributed by atoms with Crippen molar-refractivity contribution >= 4 is 11.9 Å². The third-order valence-electron chi connectivity index (χ3n) is 17.2. The minimum absolute atomic E-state index is 0.00479. The van der Waals surface area contributed by atoms with Gasteiger partial charge in [0.2, 0.25) is 5.91 Å². The highest BCUT2D eigenvalue weighted by atomic mass is 16.5. The number of nitrogens with two attached hydrogens (primary N) is 1. The molecule has 0 bridgehead atoms. The Kier molecular flexibility index (Phi) is 10.6. The van der Waals surface area contributed by atoms with Crippen molar-refractivity contribution in [2.75, 3.05) is 39.8 Å². The van der Waals surface area contributed by atoms with Crippen molar-refractivity contribution in [1.29, 1.82) is 0 Å². The molecule has 6 rings (SSSR count). The minimum atomic E-state index is -0.237. The highest BCUT2D eigenvalue weighted by Gasteiger charge is 2.70. The van der Waals surface area contributed by atoms with Gasteiger partial charge < -0.3 is 15.4 Å². The Morgan fingerprint density at radius 2 is 1.45 bits per heavy atom. The molecule has 0 unspecified atom stereocenters. The summed E-state index contributed by atoms with van der Waals surface area (Å²) in [6.45, 7) is 26.4. The van der Waals surface area contributed by atoms with Gasteiger partial charge in [-0.2, -0.15) is 0 Å². The van der Waals surface area contributed by atoms with Crippen molar-refractivity contribution in [3.05, 3.63) is 12.2 Å². The first-order valence-corrected chi connectivity index (χ1v) is 20.6. The van der Waals surface area contributed by atoms with Gasteiger partial charge in [-0.25, -0.2) is 0 Å². The molecule has 6 aliphatic rings. The summed E-state index contributed by atoms with van der Waals surface area (Å²) in [6, 6.07) is 0. The molecule has 1 aliphatic heterocycles. The summed E-state index contributed by atoms with van der Waals surface area (Å²) in [6.07, 6.45) is 17.5. The molecule has 10 atom stereocenters. The van der Waals surface area contributed by atoms with Crippen LogP contribution in [0.3, 0.4) is 0 Å². The standard InChI is InChI=1S/C43H73N3O3/c1-30(29-46-27-25-45(8)26-28-46)31-17-20-40(4)23-24-42(6)32(38(31)40)15-16-34-41(5)21-19-35(39(2,3)33(41)18-22-43(34,42)7)49-37(48)14-12-10-9-11-13-36(44)47/h31-35,38H,1,9-29H2,2-8H3,(H2,44,47)/t31-,32+,33-,34+,35-,38+,40+,41-,42+,43+/m0/s1. The zero-order chi connectivity index (χ0) is 35.4. The number of ether oxygens (including phenoxy) is 1. The highest BCUT2D eigenvalue weighted by Crippen LogP contribution is 2.77. The number of unbranched alkanes of at least 4 members (excludes halogenated alkanes) is 3. The van der Waals surface area contributed by atoms with Crippen LogP contribution in [0.5, 0.6) is 0 Å². The van der Waals surface area contributed by atoms with E-state index in [2.05, 4.69) is 58.4 Å². The molecule has 1 heterocycles. The summed E-state index contributed by atoms with van der Waals surface area (Å²) in [4.78, 5) is 29.2. The maximum absolute atomic E-state index is 13.1. The van der Waals surface area contributed by atoms with Crippen LogP contribution >= 0.6 is 0 Å². The van der Waals surface area contributed by atoms with Crippen molar-refractivity contribution in [1.82, 2.24) is 9.80 Å². The Bertz CT molecular complexity index is 1240. The summed E-state index contributed by atoms with van der Waals surface area (Å²) in [5.74, 6) is 3.30. The van der Waals surface area contributed by atoms with Crippen LogP contribution in [0.15, 0.2) is 12.2 Å². The molecule has 0 spiro atoms. The maximum atomic E-state index is 13.1. The number of nitrogens with zero attached hydrogens (tertiary/aromatic N) is 2. The maximum Gasteiger partial charge on any atom is 0.306 e. The highest BCUT2D eigenvalue weighted by molar-refractivity contribution is 5.73. The molecule has 5 aliphatic carbocycles. The lowest BCUT2D eigenvalue weighted by Crippen LogP contribution is -2.66. The quantitative estimate of drug-likeness (QED) is 0.134. The molecular formula is C43H73N3O3. The van der Waals surface area contributed by atoms with Crippen LogP contribution in [-0.4, -0.2) is 67.6 Å². The van der Waals surface area contributed by atoms with Gasteiger partial charge in [-0.1, -0.05) is 66.5 Å². The first kappa shape index (κ1) is 37.4. The topological polar surface area (TPSA) is 75.9 Å². The number of carbonyl (C=O) groups is 2. The van der Waals surface area contributed by atoms with Gasteiger partial charge in [0.05, 0.1) is 0 Å². The van der Waals surface area contributed by atoms with E-state index in [9.17, 15) is 9.59 Å². The van der Waals surface area contributed by atoms with Crippen LogP contribution in [0.4, 0.5) is 0 Å². The first-order valence-electron chi connectivity index (χ1n) is 20.6. The van der Waals surface area contributed by atoms with Crippen molar-refractivity contribution in [2.24, 2.45) is 62.4 Å². The summed E-state index contributed by atoms with van der Waals surface area (Å²) >= 11 is 0. The van der Waals surface area contributed by atoms with E-state index in [-0.39, 0.29) is 28.8 Å². The van der Waals surface area contributed by atoms with Gasteiger partial charge in [0.15, 0.2) is 0 Å². The summed E-state index contributed by atoms with van der Waals surface area (Å²) in [5.41, 5.74) is 8.27. The Balaban J connectivity index is 1.13. The number of likely N-dealkylation sites (N-methyl/N-ethyl adjacent to an activating group) is 1. The average Bonchev–Trinajstić information content (AvgIpc) is 3.39. The van der Waals surface area contributed by atoms with Gasteiger partial charge >= 0.3 is 5.97 Å². The lowest BCUT2D eigenvalue weighted by Gasteiger charge is -2.73. The molecule has 1 saturated heterocycles. The number of amides is 1. The van der Waals surface area contributed by atoms with Gasteiger partial charge in [-0.3, -0.25) is 14.5 Å². The zero-order valence-electron chi connectivity index (χ0n) is 32.7. The lowest BCUT2D eigenvalue weighted by molar-refractivity contribution is -0.249.